The zero-order valence-corrected chi connectivity index (χ0v) is 11.8. The Kier molecular flexibility index (Phi) is 3.40. The van der Waals surface area contributed by atoms with E-state index in [9.17, 15) is 0 Å². The Balaban J connectivity index is 1.65. The summed E-state index contributed by atoms with van der Waals surface area (Å²) in [5.41, 5.74) is 4.19. The van der Waals surface area contributed by atoms with Crippen LogP contribution in [0, 0.1) is 6.92 Å². The summed E-state index contributed by atoms with van der Waals surface area (Å²) in [5, 5.41) is 3.51. The van der Waals surface area contributed by atoms with Gasteiger partial charge in [0.25, 0.3) is 0 Å². The highest BCUT2D eigenvalue weighted by Crippen LogP contribution is 2.32. The number of hydrogen-bond donors (Lipinski definition) is 1. The quantitative estimate of drug-likeness (QED) is 0.932. The maximum Gasteiger partial charge on any atom is 0.231 e. The topological polar surface area (TPSA) is 43.4 Å². The molecule has 1 aliphatic heterocycles. The lowest BCUT2D eigenvalue weighted by Crippen LogP contribution is -2.17. The van der Waals surface area contributed by atoms with Gasteiger partial charge in [-0.15, -0.1) is 11.3 Å². The standard InChI is InChI=1S/C14H16N2O2S/c1-9(14-10(2)16-7-19-14)15-6-11-3-4-12-13(5-11)18-8-17-12/h3-5,7,9,15H,6,8H2,1-2H3. The van der Waals surface area contributed by atoms with Crippen molar-refractivity contribution in [2.24, 2.45) is 0 Å². The lowest BCUT2D eigenvalue weighted by atomic mass is 10.1. The van der Waals surface area contributed by atoms with Crippen LogP contribution in [0.25, 0.3) is 0 Å². The van der Waals surface area contributed by atoms with Crippen molar-refractivity contribution in [3.05, 3.63) is 39.8 Å². The van der Waals surface area contributed by atoms with Crippen LogP contribution in [0.5, 0.6) is 11.5 Å². The van der Waals surface area contributed by atoms with Crippen molar-refractivity contribution in [1.82, 2.24) is 10.3 Å². The molecular weight excluding hydrogens is 260 g/mol. The molecule has 1 aromatic carbocycles. The van der Waals surface area contributed by atoms with E-state index >= 15 is 0 Å². The summed E-state index contributed by atoms with van der Waals surface area (Å²) in [4.78, 5) is 5.57. The second-order valence-electron chi connectivity index (χ2n) is 4.59. The zero-order valence-electron chi connectivity index (χ0n) is 11.0. The number of fused-ring (bicyclic) bond motifs is 1. The first-order valence-electron chi connectivity index (χ1n) is 6.26. The maximum absolute atomic E-state index is 5.38. The van der Waals surface area contributed by atoms with Crippen LogP contribution in [0.15, 0.2) is 23.7 Å². The van der Waals surface area contributed by atoms with Gasteiger partial charge in [0.15, 0.2) is 11.5 Å². The highest BCUT2D eigenvalue weighted by atomic mass is 32.1. The molecule has 4 nitrogen and oxygen atoms in total. The zero-order chi connectivity index (χ0) is 13.2. The molecule has 100 valence electrons. The largest absolute Gasteiger partial charge is 0.454 e. The van der Waals surface area contributed by atoms with Gasteiger partial charge in [0.05, 0.1) is 11.2 Å². The van der Waals surface area contributed by atoms with Gasteiger partial charge in [-0.3, -0.25) is 0 Å². The molecule has 0 radical (unpaired) electrons. The number of benzene rings is 1. The van der Waals surface area contributed by atoms with E-state index in [2.05, 4.69) is 23.3 Å². The van der Waals surface area contributed by atoms with E-state index < -0.39 is 0 Å². The Labute approximate surface area is 116 Å². The van der Waals surface area contributed by atoms with Gasteiger partial charge in [0.1, 0.15) is 0 Å². The highest BCUT2D eigenvalue weighted by molar-refractivity contribution is 7.09. The lowest BCUT2D eigenvalue weighted by molar-refractivity contribution is 0.174. The van der Waals surface area contributed by atoms with Gasteiger partial charge < -0.3 is 14.8 Å². The van der Waals surface area contributed by atoms with Crippen LogP contribution >= 0.6 is 11.3 Å². The average Bonchev–Trinajstić information content (AvgIpc) is 3.03. The first-order valence-corrected chi connectivity index (χ1v) is 7.14. The number of rotatable bonds is 4. The molecule has 19 heavy (non-hydrogen) atoms. The molecule has 2 aromatic rings. The van der Waals surface area contributed by atoms with Gasteiger partial charge in [0.2, 0.25) is 6.79 Å². The first-order chi connectivity index (χ1) is 9.24. The second-order valence-corrected chi connectivity index (χ2v) is 5.48. The summed E-state index contributed by atoms with van der Waals surface area (Å²) in [7, 11) is 0. The van der Waals surface area contributed by atoms with Crippen molar-refractivity contribution in [3.8, 4) is 11.5 Å². The molecule has 0 amide bonds. The summed E-state index contributed by atoms with van der Waals surface area (Å²) in [6.07, 6.45) is 0. The Hall–Kier alpha value is -1.59. The van der Waals surface area contributed by atoms with Crippen molar-refractivity contribution >= 4 is 11.3 Å². The van der Waals surface area contributed by atoms with Crippen LogP contribution < -0.4 is 14.8 Å². The van der Waals surface area contributed by atoms with Gasteiger partial charge in [-0.1, -0.05) is 6.07 Å². The fraction of sp³-hybridized carbons (Fsp3) is 0.357. The Morgan fingerprint density at radius 1 is 1.37 bits per heavy atom. The van der Waals surface area contributed by atoms with Crippen molar-refractivity contribution in [3.63, 3.8) is 0 Å². The second kappa shape index (κ2) is 5.19. The van der Waals surface area contributed by atoms with Crippen LogP contribution in [0.3, 0.4) is 0 Å². The average molecular weight is 276 g/mol. The molecule has 0 aliphatic carbocycles. The van der Waals surface area contributed by atoms with E-state index in [1.807, 2.05) is 24.6 Å². The minimum absolute atomic E-state index is 0.304. The summed E-state index contributed by atoms with van der Waals surface area (Å²) < 4.78 is 10.7. The molecule has 0 bridgehead atoms. The van der Waals surface area contributed by atoms with Crippen LogP contribution in [0.4, 0.5) is 0 Å². The minimum atomic E-state index is 0.304. The van der Waals surface area contributed by atoms with Crippen molar-refractivity contribution < 1.29 is 9.47 Å². The van der Waals surface area contributed by atoms with Gasteiger partial charge in [-0.25, -0.2) is 4.98 Å². The molecule has 1 aromatic heterocycles. The summed E-state index contributed by atoms with van der Waals surface area (Å²) in [6, 6.07) is 6.36. The number of aryl methyl sites for hydroxylation is 1. The molecule has 2 heterocycles. The normalized spacial score (nSPS) is 14.6. The third-order valence-corrected chi connectivity index (χ3v) is 4.34. The maximum atomic E-state index is 5.38. The predicted molar refractivity (Wildman–Crippen MR) is 74.7 cm³/mol. The molecule has 0 spiro atoms. The van der Waals surface area contributed by atoms with E-state index in [4.69, 9.17) is 9.47 Å². The summed E-state index contributed by atoms with van der Waals surface area (Å²) >= 11 is 1.69. The van der Waals surface area contributed by atoms with Crippen molar-refractivity contribution in [2.75, 3.05) is 6.79 Å². The molecule has 3 rings (SSSR count). The number of hydrogen-bond acceptors (Lipinski definition) is 5. The van der Waals surface area contributed by atoms with E-state index in [1.54, 1.807) is 11.3 Å². The Bertz CT molecular complexity index is 583. The van der Waals surface area contributed by atoms with E-state index in [-0.39, 0.29) is 0 Å². The molecule has 5 heteroatoms. The van der Waals surface area contributed by atoms with Crippen molar-refractivity contribution in [2.45, 2.75) is 26.4 Å². The summed E-state index contributed by atoms with van der Waals surface area (Å²) in [6.45, 7) is 5.33. The molecule has 1 aliphatic rings. The molecule has 0 saturated heterocycles. The molecule has 1 atom stereocenters. The fourth-order valence-corrected chi connectivity index (χ4v) is 2.98. The number of nitrogens with zero attached hydrogens (tertiary/aromatic N) is 1. The van der Waals surface area contributed by atoms with Gasteiger partial charge >= 0.3 is 0 Å². The van der Waals surface area contributed by atoms with Gasteiger partial charge in [-0.05, 0) is 31.5 Å². The highest BCUT2D eigenvalue weighted by Gasteiger charge is 2.14. The van der Waals surface area contributed by atoms with E-state index in [1.165, 1.54) is 10.4 Å². The molecule has 1 unspecified atom stereocenters. The van der Waals surface area contributed by atoms with Gasteiger partial charge in [-0.2, -0.15) is 0 Å². The number of thiazole rings is 1. The van der Waals surface area contributed by atoms with Crippen LogP contribution in [-0.2, 0) is 6.54 Å². The molecular formula is C14H16N2O2S. The molecule has 1 N–H and O–H groups in total. The smallest absolute Gasteiger partial charge is 0.231 e. The minimum Gasteiger partial charge on any atom is -0.454 e. The number of ether oxygens (including phenoxy) is 2. The lowest BCUT2D eigenvalue weighted by Gasteiger charge is -2.13. The van der Waals surface area contributed by atoms with Crippen LogP contribution in [-0.4, -0.2) is 11.8 Å². The third-order valence-electron chi connectivity index (χ3n) is 3.23. The molecule has 0 fully saturated rings. The van der Waals surface area contributed by atoms with E-state index in [0.717, 1.165) is 23.7 Å². The number of nitrogens with one attached hydrogen (secondary N) is 1. The monoisotopic (exact) mass is 276 g/mol. The first kappa shape index (κ1) is 12.4. The van der Waals surface area contributed by atoms with Crippen molar-refractivity contribution in [1.29, 1.82) is 0 Å². The van der Waals surface area contributed by atoms with Crippen LogP contribution in [0.1, 0.15) is 29.1 Å². The Morgan fingerprint density at radius 3 is 3.00 bits per heavy atom. The van der Waals surface area contributed by atoms with E-state index in [0.29, 0.717) is 12.8 Å². The fourth-order valence-electron chi connectivity index (χ4n) is 2.14. The Morgan fingerprint density at radius 2 is 2.21 bits per heavy atom. The number of aromatic nitrogens is 1. The predicted octanol–water partition coefficient (Wildman–Crippen LogP) is 3.03. The van der Waals surface area contributed by atoms with Crippen LogP contribution in [0.2, 0.25) is 0 Å². The third kappa shape index (κ3) is 2.57. The molecule has 0 saturated carbocycles. The van der Waals surface area contributed by atoms with Gasteiger partial charge in [0, 0.05) is 17.5 Å². The summed E-state index contributed by atoms with van der Waals surface area (Å²) in [5.74, 6) is 1.66. The SMILES string of the molecule is Cc1ncsc1C(C)NCc1ccc2c(c1)OCO2.